The standard InChI is InChI=1S/C28H31N5O2/c1-19-3-5-23(6-4-19)26-18-31-27(32-26)12-11-25(29)22-7-9-24(10-8-22)28(35)33-15-13-21(14-16-33)17-30-20(2)34/h3-12,18,21,29H,13-17H2,1-2H3,(H,30,34)(H,31,32)/b12-11-,29-25?. The lowest BCUT2D eigenvalue weighted by Gasteiger charge is -2.32. The molecule has 7 nitrogen and oxygen atoms in total. The number of piperidine rings is 1. The first-order chi connectivity index (χ1) is 16.9. The minimum absolute atomic E-state index is 0.0100. The Morgan fingerprint density at radius 1 is 1.09 bits per heavy atom. The number of hydrogen-bond donors (Lipinski definition) is 3. The zero-order valence-electron chi connectivity index (χ0n) is 20.2. The van der Waals surface area contributed by atoms with Crippen molar-refractivity contribution in [3.63, 3.8) is 0 Å². The molecule has 2 amide bonds. The lowest BCUT2D eigenvalue weighted by molar-refractivity contribution is -0.119. The van der Waals surface area contributed by atoms with Crippen LogP contribution in [0.5, 0.6) is 0 Å². The Balaban J connectivity index is 1.32. The fraction of sp³-hybridized carbons (Fsp3) is 0.286. The molecule has 0 bridgehead atoms. The van der Waals surface area contributed by atoms with Crippen molar-refractivity contribution in [2.24, 2.45) is 5.92 Å². The first-order valence-electron chi connectivity index (χ1n) is 11.9. The van der Waals surface area contributed by atoms with Gasteiger partial charge in [-0.3, -0.25) is 9.59 Å². The molecule has 0 aliphatic carbocycles. The SMILES string of the molecule is CC(=O)NCC1CCN(C(=O)c2ccc(C(=N)/C=C\c3ncc(-c4ccc(C)cc4)[nH]3)cc2)CC1. The number of likely N-dealkylation sites (tertiary alicyclic amines) is 1. The number of hydrogen-bond acceptors (Lipinski definition) is 4. The molecule has 1 aliphatic heterocycles. The quantitative estimate of drug-likeness (QED) is 0.445. The molecule has 35 heavy (non-hydrogen) atoms. The van der Waals surface area contributed by atoms with Crippen molar-refractivity contribution in [1.29, 1.82) is 5.41 Å². The van der Waals surface area contributed by atoms with E-state index in [1.165, 1.54) is 12.5 Å². The number of nitrogens with zero attached hydrogens (tertiary/aromatic N) is 2. The summed E-state index contributed by atoms with van der Waals surface area (Å²) in [5, 5.41) is 11.3. The van der Waals surface area contributed by atoms with Gasteiger partial charge in [-0.1, -0.05) is 42.0 Å². The second-order valence-electron chi connectivity index (χ2n) is 9.05. The van der Waals surface area contributed by atoms with Crippen molar-refractivity contribution in [1.82, 2.24) is 20.2 Å². The number of imidazole rings is 1. The molecule has 0 saturated carbocycles. The van der Waals surface area contributed by atoms with E-state index in [1.54, 1.807) is 30.5 Å². The number of amides is 2. The molecule has 0 atom stereocenters. The van der Waals surface area contributed by atoms with Gasteiger partial charge in [0, 0.05) is 32.1 Å². The number of allylic oxidation sites excluding steroid dienone is 1. The molecular formula is C28H31N5O2. The summed E-state index contributed by atoms with van der Waals surface area (Å²) in [6, 6.07) is 15.4. The van der Waals surface area contributed by atoms with Crippen LogP contribution < -0.4 is 5.32 Å². The van der Waals surface area contributed by atoms with E-state index < -0.39 is 0 Å². The number of benzene rings is 2. The number of H-pyrrole nitrogens is 1. The molecule has 1 aliphatic rings. The number of aromatic nitrogens is 2. The Bertz CT molecular complexity index is 1220. The van der Waals surface area contributed by atoms with Crippen LogP contribution in [0.1, 0.15) is 47.1 Å². The minimum Gasteiger partial charge on any atom is -0.356 e. The van der Waals surface area contributed by atoms with Crippen LogP contribution in [0.15, 0.2) is 60.8 Å². The number of carbonyl (C=O) groups excluding carboxylic acids is 2. The van der Waals surface area contributed by atoms with Crippen LogP contribution >= 0.6 is 0 Å². The maximum absolute atomic E-state index is 12.9. The number of aromatic amines is 1. The highest BCUT2D eigenvalue weighted by molar-refractivity contribution is 6.09. The molecule has 4 rings (SSSR count). The molecular weight excluding hydrogens is 438 g/mol. The summed E-state index contributed by atoms with van der Waals surface area (Å²) in [7, 11) is 0. The van der Waals surface area contributed by atoms with E-state index in [1.807, 2.05) is 17.0 Å². The van der Waals surface area contributed by atoms with E-state index in [9.17, 15) is 9.59 Å². The van der Waals surface area contributed by atoms with Gasteiger partial charge in [0.15, 0.2) is 0 Å². The van der Waals surface area contributed by atoms with Crippen LogP contribution in [0.3, 0.4) is 0 Å². The van der Waals surface area contributed by atoms with Crippen molar-refractivity contribution in [3.8, 4) is 11.3 Å². The number of aryl methyl sites for hydroxylation is 1. The van der Waals surface area contributed by atoms with E-state index in [4.69, 9.17) is 5.41 Å². The van der Waals surface area contributed by atoms with Crippen molar-refractivity contribution in [2.75, 3.05) is 19.6 Å². The fourth-order valence-corrected chi connectivity index (χ4v) is 4.16. The molecule has 180 valence electrons. The van der Waals surface area contributed by atoms with Gasteiger partial charge in [-0.15, -0.1) is 0 Å². The topological polar surface area (TPSA) is 102 Å². The van der Waals surface area contributed by atoms with Crippen LogP contribution in [0, 0.1) is 18.3 Å². The van der Waals surface area contributed by atoms with Gasteiger partial charge in [-0.05, 0) is 61.1 Å². The molecule has 0 radical (unpaired) electrons. The monoisotopic (exact) mass is 469 g/mol. The lowest BCUT2D eigenvalue weighted by atomic mass is 9.96. The van der Waals surface area contributed by atoms with Crippen LogP contribution in [-0.4, -0.2) is 52.0 Å². The van der Waals surface area contributed by atoms with Gasteiger partial charge in [0.1, 0.15) is 5.82 Å². The lowest BCUT2D eigenvalue weighted by Crippen LogP contribution is -2.41. The van der Waals surface area contributed by atoms with E-state index in [2.05, 4.69) is 46.5 Å². The van der Waals surface area contributed by atoms with Gasteiger partial charge in [0.2, 0.25) is 5.91 Å². The van der Waals surface area contributed by atoms with Crippen LogP contribution in [0.4, 0.5) is 0 Å². The zero-order valence-corrected chi connectivity index (χ0v) is 20.2. The van der Waals surface area contributed by atoms with Crippen LogP contribution in [0.25, 0.3) is 17.3 Å². The largest absolute Gasteiger partial charge is 0.356 e. The number of carbonyl (C=O) groups is 2. The Labute approximate surface area is 205 Å². The smallest absolute Gasteiger partial charge is 0.253 e. The van der Waals surface area contributed by atoms with Crippen molar-refractivity contribution < 1.29 is 9.59 Å². The second-order valence-corrected chi connectivity index (χ2v) is 9.05. The average molecular weight is 470 g/mol. The highest BCUT2D eigenvalue weighted by Gasteiger charge is 2.23. The van der Waals surface area contributed by atoms with Crippen molar-refractivity contribution in [2.45, 2.75) is 26.7 Å². The predicted molar refractivity (Wildman–Crippen MR) is 138 cm³/mol. The van der Waals surface area contributed by atoms with Gasteiger partial charge in [0.25, 0.3) is 5.91 Å². The Morgan fingerprint density at radius 3 is 2.40 bits per heavy atom. The summed E-state index contributed by atoms with van der Waals surface area (Å²) >= 11 is 0. The van der Waals surface area contributed by atoms with Gasteiger partial charge in [-0.2, -0.15) is 0 Å². The van der Waals surface area contributed by atoms with Crippen LogP contribution in [-0.2, 0) is 4.79 Å². The van der Waals surface area contributed by atoms with E-state index in [0.717, 1.165) is 29.7 Å². The first kappa shape index (κ1) is 24.1. The van der Waals surface area contributed by atoms with Gasteiger partial charge in [-0.25, -0.2) is 4.98 Å². The highest BCUT2D eigenvalue weighted by atomic mass is 16.2. The van der Waals surface area contributed by atoms with Gasteiger partial charge < -0.3 is 20.6 Å². The number of rotatable bonds is 7. The summed E-state index contributed by atoms with van der Waals surface area (Å²) in [5.74, 6) is 1.09. The molecule has 0 unspecified atom stereocenters. The minimum atomic E-state index is -0.0137. The molecule has 0 spiro atoms. The highest BCUT2D eigenvalue weighted by Crippen LogP contribution is 2.20. The van der Waals surface area contributed by atoms with Gasteiger partial charge in [0.05, 0.1) is 17.6 Å². The summed E-state index contributed by atoms with van der Waals surface area (Å²) in [5.41, 5.74) is 4.90. The van der Waals surface area contributed by atoms with E-state index in [0.29, 0.717) is 42.7 Å². The second kappa shape index (κ2) is 11.0. The summed E-state index contributed by atoms with van der Waals surface area (Å²) in [6.07, 6.45) is 7.05. The summed E-state index contributed by atoms with van der Waals surface area (Å²) < 4.78 is 0. The maximum Gasteiger partial charge on any atom is 0.253 e. The molecule has 1 aromatic heterocycles. The molecule has 3 N–H and O–H groups in total. The van der Waals surface area contributed by atoms with Crippen molar-refractivity contribution in [3.05, 3.63) is 83.3 Å². The zero-order chi connectivity index (χ0) is 24.8. The Hall–Kier alpha value is -4.00. The van der Waals surface area contributed by atoms with Crippen LogP contribution in [0.2, 0.25) is 0 Å². The Kier molecular flexibility index (Phi) is 7.55. The van der Waals surface area contributed by atoms with E-state index in [-0.39, 0.29) is 11.8 Å². The third-order valence-electron chi connectivity index (χ3n) is 6.35. The number of nitrogens with one attached hydrogen (secondary N) is 3. The van der Waals surface area contributed by atoms with E-state index >= 15 is 0 Å². The summed E-state index contributed by atoms with van der Waals surface area (Å²) in [4.78, 5) is 33.5. The Morgan fingerprint density at radius 2 is 1.74 bits per heavy atom. The third-order valence-corrected chi connectivity index (χ3v) is 6.35. The van der Waals surface area contributed by atoms with Gasteiger partial charge >= 0.3 is 0 Å². The predicted octanol–water partition coefficient (Wildman–Crippen LogP) is 4.45. The normalized spacial score (nSPS) is 14.3. The average Bonchev–Trinajstić information content (AvgIpc) is 3.35. The molecule has 1 fully saturated rings. The van der Waals surface area contributed by atoms with Crippen molar-refractivity contribution >= 4 is 23.6 Å². The first-order valence-corrected chi connectivity index (χ1v) is 11.9. The third kappa shape index (κ3) is 6.32. The fourth-order valence-electron chi connectivity index (χ4n) is 4.16. The molecule has 2 heterocycles. The molecule has 7 heteroatoms. The maximum atomic E-state index is 12.9. The molecule has 1 saturated heterocycles. The summed E-state index contributed by atoms with van der Waals surface area (Å²) in [6.45, 7) is 5.64. The molecule has 2 aromatic carbocycles. The molecule has 3 aromatic rings.